The minimum absolute atomic E-state index is 0.0199. The molecule has 0 spiro atoms. The zero-order chi connectivity index (χ0) is 19.5. The lowest BCUT2D eigenvalue weighted by Gasteiger charge is -2.33. The molecular formula is C23H29N3O2. The number of likely N-dealkylation sites (tertiary alicyclic amines) is 1. The van der Waals surface area contributed by atoms with E-state index in [2.05, 4.69) is 22.5 Å². The molecule has 5 nitrogen and oxygen atoms in total. The zero-order valence-corrected chi connectivity index (χ0v) is 16.5. The van der Waals surface area contributed by atoms with E-state index in [9.17, 15) is 9.59 Å². The Balaban J connectivity index is 1.48. The number of nitrogens with one attached hydrogen (secondary N) is 2. The van der Waals surface area contributed by atoms with Gasteiger partial charge in [0.2, 0.25) is 5.91 Å². The highest BCUT2D eigenvalue weighted by molar-refractivity contribution is 6.08. The molecule has 2 fully saturated rings. The summed E-state index contributed by atoms with van der Waals surface area (Å²) in [5.74, 6) is -0.00374. The van der Waals surface area contributed by atoms with Crippen molar-refractivity contribution in [3.63, 3.8) is 0 Å². The van der Waals surface area contributed by atoms with Gasteiger partial charge in [0, 0.05) is 25.0 Å². The third-order valence-electron chi connectivity index (χ3n) is 5.96. The number of nitrogens with zero attached hydrogens (tertiary/aromatic N) is 1. The molecule has 2 N–H and O–H groups in total. The van der Waals surface area contributed by atoms with Gasteiger partial charge in [0.1, 0.15) is 0 Å². The molecule has 0 aromatic heterocycles. The Labute approximate surface area is 166 Å². The molecule has 1 saturated carbocycles. The van der Waals surface area contributed by atoms with Crippen LogP contribution in [0, 0.1) is 5.92 Å². The molecule has 2 aliphatic rings. The van der Waals surface area contributed by atoms with E-state index in [0.29, 0.717) is 23.8 Å². The van der Waals surface area contributed by atoms with E-state index in [4.69, 9.17) is 0 Å². The Morgan fingerprint density at radius 3 is 2.54 bits per heavy atom. The highest BCUT2D eigenvalue weighted by atomic mass is 16.2. The summed E-state index contributed by atoms with van der Waals surface area (Å²) < 4.78 is 0. The largest absolute Gasteiger partial charge is 0.351 e. The molecule has 28 heavy (non-hydrogen) atoms. The smallest absolute Gasteiger partial charge is 0.253 e. The van der Waals surface area contributed by atoms with E-state index < -0.39 is 0 Å². The number of carbonyl (C=O) groups excluding carboxylic acids is 2. The van der Waals surface area contributed by atoms with Crippen molar-refractivity contribution in [2.45, 2.75) is 45.1 Å². The number of hydrogen-bond donors (Lipinski definition) is 2. The summed E-state index contributed by atoms with van der Waals surface area (Å²) >= 11 is 0. The average Bonchev–Trinajstić information content (AvgIpc) is 3.54. The summed E-state index contributed by atoms with van der Waals surface area (Å²) in [6, 6.07) is 12.3. The molecule has 148 valence electrons. The molecule has 2 aromatic rings. The first kappa shape index (κ1) is 18.9. The number of piperidine rings is 1. The number of fused-ring (bicyclic) bond motifs is 1. The van der Waals surface area contributed by atoms with Gasteiger partial charge in [0.05, 0.1) is 11.3 Å². The second kappa shape index (κ2) is 8.31. The lowest BCUT2D eigenvalue weighted by molar-refractivity contribution is -0.117. The van der Waals surface area contributed by atoms with Crippen LogP contribution in [0.15, 0.2) is 36.4 Å². The van der Waals surface area contributed by atoms with Gasteiger partial charge >= 0.3 is 0 Å². The van der Waals surface area contributed by atoms with E-state index in [-0.39, 0.29) is 17.7 Å². The summed E-state index contributed by atoms with van der Waals surface area (Å²) in [5.41, 5.74) is 1.15. The minimum atomic E-state index is -0.124. The van der Waals surface area contributed by atoms with Crippen LogP contribution in [-0.4, -0.2) is 42.4 Å². The highest BCUT2D eigenvalue weighted by Gasteiger charge is 2.30. The van der Waals surface area contributed by atoms with Gasteiger partial charge in [-0.3, -0.25) is 14.5 Å². The molecule has 2 aromatic carbocycles. The maximum atomic E-state index is 12.9. The van der Waals surface area contributed by atoms with E-state index in [1.54, 1.807) is 0 Å². The summed E-state index contributed by atoms with van der Waals surface area (Å²) in [6.07, 6.45) is 5.64. The van der Waals surface area contributed by atoms with Crippen LogP contribution in [0.25, 0.3) is 10.8 Å². The first-order valence-corrected chi connectivity index (χ1v) is 10.5. The van der Waals surface area contributed by atoms with E-state index in [1.807, 2.05) is 36.4 Å². The standard InChI is InChI=1S/C23H29N3O2/c1-16-6-4-5-12-26(16)13-11-24-23(28)20-14-18-7-2-3-8-19(18)15-21(20)25-22(27)17-9-10-17/h2-3,7-8,14-17H,4-6,9-13H2,1H3,(H,24,28)(H,25,27). The van der Waals surface area contributed by atoms with Gasteiger partial charge in [-0.2, -0.15) is 0 Å². The van der Waals surface area contributed by atoms with Crippen molar-refractivity contribution in [1.82, 2.24) is 10.2 Å². The Morgan fingerprint density at radius 1 is 1.07 bits per heavy atom. The molecule has 1 unspecified atom stereocenters. The van der Waals surface area contributed by atoms with E-state index in [1.165, 1.54) is 19.3 Å². The molecule has 1 aliphatic heterocycles. The third kappa shape index (κ3) is 4.36. The average molecular weight is 380 g/mol. The molecule has 1 saturated heterocycles. The fourth-order valence-electron chi connectivity index (χ4n) is 4.01. The SMILES string of the molecule is CC1CCCCN1CCNC(=O)c1cc2ccccc2cc1NC(=O)C1CC1. The van der Waals surface area contributed by atoms with Crippen molar-refractivity contribution < 1.29 is 9.59 Å². The molecule has 1 aliphatic carbocycles. The molecule has 1 atom stereocenters. The zero-order valence-electron chi connectivity index (χ0n) is 16.5. The first-order valence-electron chi connectivity index (χ1n) is 10.5. The quantitative estimate of drug-likeness (QED) is 0.803. The van der Waals surface area contributed by atoms with Crippen LogP contribution in [0.2, 0.25) is 0 Å². The second-order valence-electron chi connectivity index (χ2n) is 8.15. The van der Waals surface area contributed by atoms with Gasteiger partial charge in [0.25, 0.3) is 5.91 Å². The van der Waals surface area contributed by atoms with Gasteiger partial charge < -0.3 is 10.6 Å². The van der Waals surface area contributed by atoms with Gasteiger partial charge in [-0.1, -0.05) is 30.7 Å². The summed E-state index contributed by atoms with van der Waals surface area (Å²) in [5, 5.41) is 8.06. The van der Waals surface area contributed by atoms with Crippen molar-refractivity contribution in [2.75, 3.05) is 25.0 Å². The number of carbonyl (C=O) groups is 2. The maximum Gasteiger partial charge on any atom is 0.253 e. The number of amides is 2. The number of rotatable bonds is 6. The van der Waals surface area contributed by atoms with Gasteiger partial charge in [-0.05, 0) is 62.1 Å². The van der Waals surface area contributed by atoms with Crippen molar-refractivity contribution in [1.29, 1.82) is 0 Å². The monoisotopic (exact) mass is 379 g/mol. The van der Waals surface area contributed by atoms with Crippen LogP contribution in [-0.2, 0) is 4.79 Å². The van der Waals surface area contributed by atoms with Gasteiger partial charge in [-0.15, -0.1) is 0 Å². The molecule has 2 amide bonds. The number of anilines is 1. The Morgan fingerprint density at radius 2 is 1.82 bits per heavy atom. The topological polar surface area (TPSA) is 61.4 Å². The summed E-state index contributed by atoms with van der Waals surface area (Å²) in [4.78, 5) is 27.7. The fraction of sp³-hybridized carbons (Fsp3) is 0.478. The highest BCUT2D eigenvalue weighted by Crippen LogP contribution is 2.32. The molecule has 0 radical (unpaired) electrons. The van der Waals surface area contributed by atoms with Gasteiger partial charge in [-0.25, -0.2) is 0 Å². The Bertz CT molecular complexity index is 875. The summed E-state index contributed by atoms with van der Waals surface area (Å²) in [7, 11) is 0. The van der Waals surface area contributed by atoms with Crippen molar-refractivity contribution in [3.05, 3.63) is 42.0 Å². The van der Waals surface area contributed by atoms with E-state index in [0.717, 1.165) is 36.7 Å². The van der Waals surface area contributed by atoms with Crippen LogP contribution in [0.4, 0.5) is 5.69 Å². The lowest BCUT2D eigenvalue weighted by Crippen LogP contribution is -2.42. The van der Waals surface area contributed by atoms with Crippen molar-refractivity contribution in [3.8, 4) is 0 Å². The predicted molar refractivity (Wildman–Crippen MR) is 113 cm³/mol. The van der Waals surface area contributed by atoms with Crippen LogP contribution >= 0.6 is 0 Å². The van der Waals surface area contributed by atoms with Crippen LogP contribution in [0.3, 0.4) is 0 Å². The molecular weight excluding hydrogens is 350 g/mol. The number of hydrogen-bond acceptors (Lipinski definition) is 3. The fourth-order valence-corrected chi connectivity index (χ4v) is 4.01. The van der Waals surface area contributed by atoms with Crippen molar-refractivity contribution >= 4 is 28.3 Å². The Hall–Kier alpha value is -2.40. The predicted octanol–water partition coefficient (Wildman–Crippen LogP) is 3.79. The number of benzene rings is 2. The third-order valence-corrected chi connectivity index (χ3v) is 5.96. The van der Waals surface area contributed by atoms with Crippen molar-refractivity contribution in [2.24, 2.45) is 5.92 Å². The molecule has 0 bridgehead atoms. The van der Waals surface area contributed by atoms with Crippen LogP contribution in [0.5, 0.6) is 0 Å². The maximum absolute atomic E-state index is 12.9. The minimum Gasteiger partial charge on any atom is -0.351 e. The molecule has 5 heteroatoms. The normalized spacial score (nSPS) is 20.1. The molecule has 1 heterocycles. The molecule has 4 rings (SSSR count). The lowest BCUT2D eigenvalue weighted by atomic mass is 10.0. The van der Waals surface area contributed by atoms with Crippen LogP contribution < -0.4 is 10.6 Å². The van der Waals surface area contributed by atoms with Crippen LogP contribution in [0.1, 0.15) is 49.4 Å². The Kier molecular flexibility index (Phi) is 5.62. The van der Waals surface area contributed by atoms with Gasteiger partial charge in [0.15, 0.2) is 0 Å². The van der Waals surface area contributed by atoms with E-state index >= 15 is 0 Å². The second-order valence-corrected chi connectivity index (χ2v) is 8.15. The first-order chi connectivity index (χ1) is 13.6. The summed E-state index contributed by atoms with van der Waals surface area (Å²) in [6.45, 7) is 4.85.